The van der Waals surface area contributed by atoms with Crippen LogP contribution >= 0.6 is 0 Å². The van der Waals surface area contributed by atoms with Gasteiger partial charge in [-0.3, -0.25) is 0 Å². The van der Waals surface area contributed by atoms with E-state index in [2.05, 4.69) is 12.2 Å². The summed E-state index contributed by atoms with van der Waals surface area (Å²) in [6, 6.07) is 16.8. The van der Waals surface area contributed by atoms with Crippen LogP contribution in [0.25, 0.3) is 0 Å². The molecule has 0 aliphatic heterocycles. The van der Waals surface area contributed by atoms with Crippen molar-refractivity contribution in [1.82, 2.24) is 0 Å². The summed E-state index contributed by atoms with van der Waals surface area (Å²) in [5.41, 5.74) is 1.64. The smallest absolute Gasteiger partial charge is 0.343 e. The third kappa shape index (κ3) is 3.11. The molecule has 0 heterocycles. The van der Waals surface area contributed by atoms with Gasteiger partial charge in [-0.2, -0.15) is 0 Å². The van der Waals surface area contributed by atoms with Gasteiger partial charge in [-0.05, 0) is 30.2 Å². The van der Waals surface area contributed by atoms with Crippen molar-refractivity contribution in [1.29, 1.82) is 0 Å². The molecule has 21 heavy (non-hydrogen) atoms. The van der Waals surface area contributed by atoms with E-state index in [4.69, 9.17) is 4.74 Å². The van der Waals surface area contributed by atoms with Gasteiger partial charge in [0.15, 0.2) is 0 Å². The molecule has 1 atom stereocenters. The van der Waals surface area contributed by atoms with Gasteiger partial charge in [-0.1, -0.05) is 60.7 Å². The van der Waals surface area contributed by atoms with E-state index in [0.717, 1.165) is 12.0 Å². The summed E-state index contributed by atoms with van der Waals surface area (Å²) >= 11 is 0. The number of carbonyl (C=O) groups is 1. The fourth-order valence-corrected chi connectivity index (χ4v) is 2.47. The Balaban J connectivity index is 1.86. The minimum atomic E-state index is -0.306. The van der Waals surface area contributed by atoms with Gasteiger partial charge in [0.2, 0.25) is 0 Å². The standard InChI is InChI=1S/C19H16O2/c20-19(21-16-11-5-2-6-12-16)18-14-8-7-13-17(18)15-9-3-1-4-10-15/h1-9,11-15H,10H2. The lowest BCUT2D eigenvalue weighted by Gasteiger charge is -2.17. The monoisotopic (exact) mass is 276 g/mol. The molecule has 104 valence electrons. The summed E-state index contributed by atoms with van der Waals surface area (Å²) < 4.78 is 5.45. The molecular weight excluding hydrogens is 260 g/mol. The van der Waals surface area contributed by atoms with Gasteiger partial charge in [0.25, 0.3) is 0 Å². The summed E-state index contributed by atoms with van der Waals surface area (Å²) in [7, 11) is 0. The van der Waals surface area contributed by atoms with E-state index in [9.17, 15) is 4.79 Å². The van der Waals surface area contributed by atoms with Gasteiger partial charge in [0, 0.05) is 5.92 Å². The Morgan fingerprint density at radius 1 is 0.952 bits per heavy atom. The third-order valence-electron chi connectivity index (χ3n) is 3.51. The molecule has 0 fully saturated rings. The normalized spacial score (nSPS) is 16.7. The van der Waals surface area contributed by atoms with Crippen LogP contribution in [0, 0.1) is 0 Å². The molecule has 2 aromatic rings. The molecule has 1 aliphatic carbocycles. The van der Waals surface area contributed by atoms with Crippen molar-refractivity contribution in [3.05, 3.63) is 90.0 Å². The van der Waals surface area contributed by atoms with Gasteiger partial charge in [0.05, 0.1) is 5.56 Å². The highest BCUT2D eigenvalue weighted by molar-refractivity contribution is 5.93. The summed E-state index contributed by atoms with van der Waals surface area (Å²) in [5, 5.41) is 0. The molecule has 3 rings (SSSR count). The van der Waals surface area contributed by atoms with E-state index in [-0.39, 0.29) is 11.9 Å². The highest BCUT2D eigenvalue weighted by Gasteiger charge is 2.18. The van der Waals surface area contributed by atoms with Crippen LogP contribution in [-0.4, -0.2) is 5.97 Å². The molecule has 1 aliphatic rings. The van der Waals surface area contributed by atoms with Crippen LogP contribution in [0.5, 0.6) is 5.75 Å². The second-order valence-electron chi connectivity index (χ2n) is 4.95. The zero-order valence-corrected chi connectivity index (χ0v) is 11.6. The predicted octanol–water partition coefficient (Wildman–Crippen LogP) is 4.51. The molecule has 0 radical (unpaired) electrons. The molecule has 0 saturated carbocycles. The zero-order valence-electron chi connectivity index (χ0n) is 11.6. The molecular formula is C19H16O2. The summed E-state index contributed by atoms with van der Waals surface area (Å²) in [4.78, 5) is 12.4. The summed E-state index contributed by atoms with van der Waals surface area (Å²) in [6.45, 7) is 0. The van der Waals surface area contributed by atoms with Crippen molar-refractivity contribution in [2.75, 3.05) is 0 Å². The van der Waals surface area contributed by atoms with Gasteiger partial charge in [0.1, 0.15) is 5.75 Å². The average Bonchev–Trinajstić information content (AvgIpc) is 2.56. The molecule has 2 heteroatoms. The Bertz CT molecular complexity index is 684. The highest BCUT2D eigenvalue weighted by Crippen LogP contribution is 2.28. The number of para-hydroxylation sites is 1. The van der Waals surface area contributed by atoms with Crippen molar-refractivity contribution in [2.45, 2.75) is 12.3 Å². The topological polar surface area (TPSA) is 26.3 Å². The molecule has 2 aromatic carbocycles. The first kappa shape index (κ1) is 13.4. The lowest BCUT2D eigenvalue weighted by Crippen LogP contribution is -2.13. The maximum absolute atomic E-state index is 12.4. The Hall–Kier alpha value is -2.61. The number of rotatable bonds is 3. The van der Waals surface area contributed by atoms with Crippen LogP contribution < -0.4 is 4.74 Å². The van der Waals surface area contributed by atoms with Crippen LogP contribution in [0.2, 0.25) is 0 Å². The molecule has 0 amide bonds. The number of esters is 1. The summed E-state index contributed by atoms with van der Waals surface area (Å²) in [6.07, 6.45) is 9.19. The number of benzene rings is 2. The Morgan fingerprint density at radius 3 is 2.48 bits per heavy atom. The van der Waals surface area contributed by atoms with Crippen molar-refractivity contribution >= 4 is 5.97 Å². The minimum absolute atomic E-state index is 0.231. The first-order valence-electron chi connectivity index (χ1n) is 7.04. The lowest BCUT2D eigenvalue weighted by molar-refractivity contribution is 0.0733. The molecule has 0 spiro atoms. The molecule has 0 N–H and O–H groups in total. The third-order valence-corrected chi connectivity index (χ3v) is 3.51. The van der Waals surface area contributed by atoms with E-state index in [1.54, 1.807) is 12.1 Å². The molecule has 0 bridgehead atoms. The number of allylic oxidation sites excluding steroid dienone is 4. The number of hydrogen-bond donors (Lipinski definition) is 0. The van der Waals surface area contributed by atoms with E-state index in [1.807, 2.05) is 54.6 Å². The van der Waals surface area contributed by atoms with E-state index < -0.39 is 0 Å². The fraction of sp³-hybridized carbons (Fsp3) is 0.105. The maximum Gasteiger partial charge on any atom is 0.343 e. The van der Waals surface area contributed by atoms with Crippen LogP contribution in [-0.2, 0) is 0 Å². The number of hydrogen-bond acceptors (Lipinski definition) is 2. The lowest BCUT2D eigenvalue weighted by atomic mass is 9.89. The molecule has 0 saturated heterocycles. The average molecular weight is 276 g/mol. The van der Waals surface area contributed by atoms with Crippen molar-refractivity contribution in [2.24, 2.45) is 0 Å². The van der Waals surface area contributed by atoms with Crippen LogP contribution in [0.4, 0.5) is 0 Å². The first-order chi connectivity index (χ1) is 10.3. The molecule has 2 nitrogen and oxygen atoms in total. The van der Waals surface area contributed by atoms with Gasteiger partial charge in [-0.25, -0.2) is 4.79 Å². The Labute approximate surface area is 124 Å². The van der Waals surface area contributed by atoms with Crippen molar-refractivity contribution < 1.29 is 9.53 Å². The zero-order chi connectivity index (χ0) is 14.5. The molecule has 0 aromatic heterocycles. The van der Waals surface area contributed by atoms with Crippen LogP contribution in [0.3, 0.4) is 0 Å². The second-order valence-corrected chi connectivity index (χ2v) is 4.95. The van der Waals surface area contributed by atoms with Gasteiger partial charge < -0.3 is 4.74 Å². The quantitative estimate of drug-likeness (QED) is 0.609. The predicted molar refractivity (Wildman–Crippen MR) is 83.5 cm³/mol. The van der Waals surface area contributed by atoms with Crippen LogP contribution in [0.15, 0.2) is 78.9 Å². The SMILES string of the molecule is O=C(Oc1ccccc1)c1ccccc1C1C=CC=CC1. The van der Waals surface area contributed by atoms with Gasteiger partial charge >= 0.3 is 5.97 Å². The second kappa shape index (κ2) is 6.23. The molecule has 1 unspecified atom stereocenters. The largest absolute Gasteiger partial charge is 0.423 e. The van der Waals surface area contributed by atoms with E-state index in [1.165, 1.54) is 0 Å². The van der Waals surface area contributed by atoms with Crippen molar-refractivity contribution in [3.63, 3.8) is 0 Å². The Kier molecular flexibility index (Phi) is 3.97. The highest BCUT2D eigenvalue weighted by atomic mass is 16.5. The fourth-order valence-electron chi connectivity index (χ4n) is 2.47. The van der Waals surface area contributed by atoms with Crippen LogP contribution in [0.1, 0.15) is 28.3 Å². The van der Waals surface area contributed by atoms with Gasteiger partial charge in [-0.15, -0.1) is 0 Å². The summed E-state index contributed by atoms with van der Waals surface area (Å²) in [5.74, 6) is 0.491. The van der Waals surface area contributed by atoms with E-state index in [0.29, 0.717) is 11.3 Å². The Morgan fingerprint density at radius 2 is 1.71 bits per heavy atom. The number of ether oxygens (including phenoxy) is 1. The van der Waals surface area contributed by atoms with E-state index >= 15 is 0 Å². The first-order valence-corrected chi connectivity index (χ1v) is 7.04. The maximum atomic E-state index is 12.4. The minimum Gasteiger partial charge on any atom is -0.423 e. The van der Waals surface area contributed by atoms with Crippen molar-refractivity contribution in [3.8, 4) is 5.75 Å². The number of carbonyl (C=O) groups excluding carboxylic acids is 1.